The van der Waals surface area contributed by atoms with Crippen molar-refractivity contribution in [3.8, 4) is 0 Å². The minimum atomic E-state index is 0.383. The van der Waals surface area contributed by atoms with Crippen LogP contribution in [0.4, 0.5) is 0 Å². The third-order valence-electron chi connectivity index (χ3n) is 4.19. The number of aryl methyl sites for hydroxylation is 2. The van der Waals surface area contributed by atoms with E-state index in [9.17, 15) is 0 Å². The molecule has 1 unspecified atom stereocenters. The van der Waals surface area contributed by atoms with Crippen molar-refractivity contribution in [2.45, 2.75) is 52.9 Å². The molecule has 0 saturated heterocycles. The Morgan fingerprint density at radius 3 is 2.18 bits per heavy atom. The highest BCUT2D eigenvalue weighted by molar-refractivity contribution is 6.32. The summed E-state index contributed by atoms with van der Waals surface area (Å²) in [4.78, 5) is 0. The molecule has 0 fully saturated rings. The Hall–Kier alpha value is -0.980. The van der Waals surface area contributed by atoms with Crippen molar-refractivity contribution in [2.24, 2.45) is 0 Å². The second kappa shape index (κ2) is 7.06. The molecule has 0 spiro atoms. The van der Waals surface area contributed by atoms with Gasteiger partial charge < -0.3 is 0 Å². The molecule has 2 heteroatoms. The van der Waals surface area contributed by atoms with Gasteiger partial charge in [-0.05, 0) is 66.0 Å². The Balaban J connectivity index is 2.30. The molecule has 0 bridgehead atoms. The lowest BCUT2D eigenvalue weighted by atomic mass is 9.90. The van der Waals surface area contributed by atoms with Crippen LogP contribution in [0, 0.1) is 13.8 Å². The fraction of sp³-hybridized carbons (Fsp3) is 0.400. The van der Waals surface area contributed by atoms with Crippen LogP contribution in [0.2, 0.25) is 10.0 Å². The van der Waals surface area contributed by atoms with Crippen LogP contribution >= 0.6 is 23.2 Å². The second-order valence-electron chi connectivity index (χ2n) is 6.60. The Morgan fingerprint density at radius 1 is 0.909 bits per heavy atom. The van der Waals surface area contributed by atoms with Crippen molar-refractivity contribution in [1.29, 1.82) is 0 Å². The number of halogens is 2. The van der Waals surface area contributed by atoms with Gasteiger partial charge >= 0.3 is 0 Å². The first kappa shape index (κ1) is 17.4. The van der Waals surface area contributed by atoms with Gasteiger partial charge in [0.2, 0.25) is 0 Å². The fourth-order valence-corrected chi connectivity index (χ4v) is 3.66. The van der Waals surface area contributed by atoms with Crippen LogP contribution in [0.5, 0.6) is 0 Å². The van der Waals surface area contributed by atoms with E-state index in [2.05, 4.69) is 58.9 Å². The van der Waals surface area contributed by atoms with Crippen molar-refractivity contribution in [2.75, 3.05) is 0 Å². The maximum atomic E-state index is 6.44. The highest BCUT2D eigenvalue weighted by atomic mass is 35.5. The molecule has 2 aromatic rings. The summed E-state index contributed by atoms with van der Waals surface area (Å²) < 4.78 is 0. The SMILES string of the molecule is Cc1ccc(C(C)Cc2cc(C)c(Cl)c(C(C)C)c2)c(Cl)c1. The monoisotopic (exact) mass is 334 g/mol. The molecule has 0 N–H and O–H groups in total. The number of benzene rings is 2. The highest BCUT2D eigenvalue weighted by Crippen LogP contribution is 2.32. The Kier molecular flexibility index (Phi) is 5.58. The van der Waals surface area contributed by atoms with Crippen molar-refractivity contribution >= 4 is 23.2 Å². The van der Waals surface area contributed by atoms with E-state index in [1.165, 1.54) is 22.3 Å². The van der Waals surface area contributed by atoms with Gasteiger partial charge in [-0.1, -0.05) is 68.2 Å². The molecule has 0 aliphatic carbocycles. The zero-order valence-corrected chi connectivity index (χ0v) is 15.5. The van der Waals surface area contributed by atoms with Crippen LogP contribution in [-0.2, 0) is 6.42 Å². The predicted octanol–water partition coefficient (Wildman–Crippen LogP) is 7.08. The molecule has 2 rings (SSSR count). The van der Waals surface area contributed by atoms with Crippen molar-refractivity contribution < 1.29 is 0 Å². The standard InChI is InChI=1S/C20H24Cl2/c1-12(2)18-11-16(10-15(5)20(18)22)9-14(4)17-7-6-13(3)8-19(17)21/h6-8,10-12,14H,9H2,1-5H3. The van der Waals surface area contributed by atoms with Gasteiger partial charge in [-0.15, -0.1) is 0 Å². The molecule has 0 amide bonds. The van der Waals surface area contributed by atoms with Gasteiger partial charge in [0.25, 0.3) is 0 Å². The van der Waals surface area contributed by atoms with Gasteiger partial charge in [-0.3, -0.25) is 0 Å². The highest BCUT2D eigenvalue weighted by Gasteiger charge is 2.14. The molecule has 1 atom stereocenters. The van der Waals surface area contributed by atoms with Crippen molar-refractivity contribution in [3.05, 3.63) is 68.2 Å². The summed E-state index contributed by atoms with van der Waals surface area (Å²) in [6.45, 7) is 10.8. The van der Waals surface area contributed by atoms with E-state index in [0.29, 0.717) is 11.8 Å². The van der Waals surface area contributed by atoms with Gasteiger partial charge in [0.1, 0.15) is 0 Å². The molecule has 118 valence electrons. The summed E-state index contributed by atoms with van der Waals surface area (Å²) in [5.74, 6) is 0.818. The van der Waals surface area contributed by atoms with Crippen LogP contribution < -0.4 is 0 Å². The average molecular weight is 335 g/mol. The van der Waals surface area contributed by atoms with E-state index < -0.39 is 0 Å². The average Bonchev–Trinajstić information content (AvgIpc) is 2.42. The number of hydrogen-bond donors (Lipinski definition) is 0. The summed E-state index contributed by atoms with van der Waals surface area (Å²) >= 11 is 12.8. The minimum Gasteiger partial charge on any atom is -0.0840 e. The van der Waals surface area contributed by atoms with Crippen molar-refractivity contribution in [3.63, 3.8) is 0 Å². The second-order valence-corrected chi connectivity index (χ2v) is 7.39. The van der Waals surface area contributed by atoms with Crippen LogP contribution in [0.1, 0.15) is 60.4 Å². The Morgan fingerprint density at radius 2 is 1.59 bits per heavy atom. The summed E-state index contributed by atoms with van der Waals surface area (Å²) in [6.07, 6.45) is 0.973. The molecule has 0 radical (unpaired) electrons. The quantitative estimate of drug-likeness (QED) is 0.560. The minimum absolute atomic E-state index is 0.383. The van der Waals surface area contributed by atoms with Crippen LogP contribution in [0.15, 0.2) is 30.3 Å². The zero-order chi connectivity index (χ0) is 16.4. The summed E-state index contributed by atoms with van der Waals surface area (Å²) in [6, 6.07) is 10.8. The van der Waals surface area contributed by atoms with Crippen LogP contribution in [-0.4, -0.2) is 0 Å². The van der Waals surface area contributed by atoms with E-state index in [1.54, 1.807) is 0 Å². The van der Waals surface area contributed by atoms with Gasteiger partial charge in [0, 0.05) is 10.0 Å². The van der Waals surface area contributed by atoms with E-state index in [-0.39, 0.29) is 0 Å². The lowest BCUT2D eigenvalue weighted by Gasteiger charge is -2.18. The lowest BCUT2D eigenvalue weighted by Crippen LogP contribution is -2.02. The van der Waals surface area contributed by atoms with Gasteiger partial charge in [-0.25, -0.2) is 0 Å². The Bertz CT molecular complexity index is 672. The summed E-state index contributed by atoms with van der Waals surface area (Å²) in [5.41, 5.74) is 6.13. The van der Waals surface area contributed by atoms with Crippen molar-refractivity contribution in [1.82, 2.24) is 0 Å². The molecule has 0 nitrogen and oxygen atoms in total. The topological polar surface area (TPSA) is 0 Å². The first-order valence-electron chi connectivity index (χ1n) is 7.84. The smallest absolute Gasteiger partial charge is 0.0469 e. The maximum Gasteiger partial charge on any atom is 0.0469 e. The van der Waals surface area contributed by atoms with E-state index in [4.69, 9.17) is 23.2 Å². The molecule has 0 aliphatic heterocycles. The lowest BCUT2D eigenvalue weighted by molar-refractivity contribution is 0.754. The van der Waals surface area contributed by atoms with Gasteiger partial charge in [0.15, 0.2) is 0 Å². The zero-order valence-electron chi connectivity index (χ0n) is 14.0. The molecular weight excluding hydrogens is 311 g/mol. The summed E-state index contributed by atoms with van der Waals surface area (Å²) in [5, 5.41) is 1.77. The van der Waals surface area contributed by atoms with Gasteiger partial charge in [0.05, 0.1) is 0 Å². The number of rotatable bonds is 4. The molecular formula is C20H24Cl2. The summed E-state index contributed by atoms with van der Waals surface area (Å²) in [7, 11) is 0. The fourth-order valence-electron chi connectivity index (χ4n) is 2.91. The maximum absolute atomic E-state index is 6.44. The number of hydrogen-bond acceptors (Lipinski definition) is 0. The largest absolute Gasteiger partial charge is 0.0840 e. The van der Waals surface area contributed by atoms with Crippen LogP contribution in [0.3, 0.4) is 0 Å². The van der Waals surface area contributed by atoms with Gasteiger partial charge in [-0.2, -0.15) is 0 Å². The van der Waals surface area contributed by atoms with E-state index >= 15 is 0 Å². The first-order chi connectivity index (χ1) is 10.3. The third kappa shape index (κ3) is 3.86. The van der Waals surface area contributed by atoms with E-state index in [1.807, 2.05) is 6.07 Å². The molecule has 22 heavy (non-hydrogen) atoms. The third-order valence-corrected chi connectivity index (χ3v) is 5.04. The molecule has 0 heterocycles. The molecule has 0 aliphatic rings. The first-order valence-corrected chi connectivity index (χ1v) is 8.60. The molecule has 0 saturated carbocycles. The van der Waals surface area contributed by atoms with Crippen LogP contribution in [0.25, 0.3) is 0 Å². The normalized spacial score (nSPS) is 12.7. The molecule has 0 aromatic heterocycles. The predicted molar refractivity (Wildman–Crippen MR) is 98.6 cm³/mol. The van der Waals surface area contributed by atoms with E-state index in [0.717, 1.165) is 22.0 Å². The Labute approximate surface area is 144 Å². The molecule has 2 aromatic carbocycles.